The van der Waals surface area contributed by atoms with Crippen LogP contribution in [0.15, 0.2) is 0 Å². The first-order chi connectivity index (χ1) is 5.40. The van der Waals surface area contributed by atoms with Crippen molar-refractivity contribution in [2.45, 2.75) is 25.7 Å². The van der Waals surface area contributed by atoms with Gasteiger partial charge in [0.05, 0.1) is 0 Å². The Balaban J connectivity index is 1.92. The van der Waals surface area contributed by atoms with Crippen molar-refractivity contribution < 1.29 is 0 Å². The molecule has 0 amide bonds. The van der Waals surface area contributed by atoms with E-state index in [1.54, 1.807) is 0 Å². The molecule has 1 aliphatic heterocycles. The number of nitrogens with zero attached hydrogens (tertiary/aromatic N) is 1. The van der Waals surface area contributed by atoms with Gasteiger partial charge in [0, 0.05) is 13.1 Å². The van der Waals surface area contributed by atoms with Gasteiger partial charge in [0.15, 0.2) is 0 Å². The Morgan fingerprint density at radius 2 is 1.64 bits per heavy atom. The summed E-state index contributed by atoms with van der Waals surface area (Å²) in [7, 11) is 0. The van der Waals surface area contributed by atoms with Gasteiger partial charge in [-0.1, -0.05) is 24.8 Å². The predicted molar refractivity (Wildman–Crippen MR) is 50.5 cm³/mol. The molecule has 1 heterocycles. The second kappa shape index (κ2) is 3.36. The quantitative estimate of drug-likeness (QED) is 0.557. The molecule has 64 valence electrons. The van der Waals surface area contributed by atoms with Crippen molar-refractivity contribution in [1.29, 1.82) is 0 Å². The van der Waals surface area contributed by atoms with Crippen LogP contribution in [0.4, 0.5) is 0 Å². The van der Waals surface area contributed by atoms with Crippen LogP contribution in [0, 0.1) is 11.8 Å². The molecule has 2 fully saturated rings. The van der Waals surface area contributed by atoms with Crippen LogP contribution in [0.2, 0.25) is 0 Å². The van der Waals surface area contributed by atoms with E-state index in [4.69, 9.17) is 0 Å². The highest BCUT2D eigenvalue weighted by atomic mass is 32.2. The Morgan fingerprint density at radius 3 is 2.09 bits per heavy atom. The van der Waals surface area contributed by atoms with E-state index in [1.165, 1.54) is 38.8 Å². The second-order valence-corrected chi connectivity index (χ2v) is 4.72. The molecule has 0 radical (unpaired) electrons. The summed E-state index contributed by atoms with van der Waals surface area (Å²) < 4.78 is 2.54. The van der Waals surface area contributed by atoms with Crippen LogP contribution in [-0.2, 0) is 0 Å². The first-order valence-corrected chi connectivity index (χ1v) is 5.87. The van der Waals surface area contributed by atoms with Gasteiger partial charge in [0.25, 0.3) is 0 Å². The van der Waals surface area contributed by atoms with Crippen molar-refractivity contribution in [3.8, 4) is 0 Å². The zero-order valence-corrected chi connectivity index (χ0v) is 8.07. The largest absolute Gasteiger partial charge is 0.250 e. The summed E-state index contributed by atoms with van der Waals surface area (Å²) in [6, 6.07) is 0. The normalized spacial score (nSPS) is 39.0. The van der Waals surface area contributed by atoms with E-state index in [0.717, 1.165) is 11.8 Å². The zero-order chi connectivity index (χ0) is 7.68. The highest BCUT2D eigenvalue weighted by Gasteiger charge is 2.33. The molecule has 11 heavy (non-hydrogen) atoms. The summed E-state index contributed by atoms with van der Waals surface area (Å²) in [5, 5.41) is 0. The SMILES string of the molecule is CSN1CC2CCCCC2C1. The molecular formula is C9H17NS. The molecule has 1 nitrogen and oxygen atoms in total. The van der Waals surface area contributed by atoms with Gasteiger partial charge >= 0.3 is 0 Å². The fourth-order valence-electron chi connectivity index (χ4n) is 2.51. The summed E-state index contributed by atoms with van der Waals surface area (Å²) in [5.74, 6) is 2.10. The smallest absolute Gasteiger partial charge is 0.0121 e. The van der Waals surface area contributed by atoms with Gasteiger partial charge in [-0.25, -0.2) is 0 Å². The number of hydrogen-bond acceptors (Lipinski definition) is 2. The average molecular weight is 171 g/mol. The summed E-state index contributed by atoms with van der Waals surface area (Å²) in [6.07, 6.45) is 8.19. The predicted octanol–water partition coefficient (Wildman–Crippen LogP) is 2.39. The highest BCUT2D eigenvalue weighted by molar-refractivity contribution is 7.96. The molecule has 1 saturated heterocycles. The van der Waals surface area contributed by atoms with Crippen molar-refractivity contribution >= 4 is 11.9 Å². The lowest BCUT2D eigenvalue weighted by Gasteiger charge is -2.22. The fraction of sp³-hybridized carbons (Fsp3) is 1.00. The number of hydrogen-bond donors (Lipinski definition) is 0. The van der Waals surface area contributed by atoms with Gasteiger partial charge in [-0.15, -0.1) is 0 Å². The molecule has 1 aliphatic carbocycles. The maximum absolute atomic E-state index is 2.54. The molecule has 2 rings (SSSR count). The van der Waals surface area contributed by atoms with Crippen LogP contribution in [0.1, 0.15) is 25.7 Å². The van der Waals surface area contributed by atoms with Crippen LogP contribution >= 0.6 is 11.9 Å². The summed E-state index contributed by atoms with van der Waals surface area (Å²) in [6.45, 7) is 2.73. The lowest BCUT2D eigenvalue weighted by atomic mass is 9.82. The van der Waals surface area contributed by atoms with Crippen LogP contribution < -0.4 is 0 Å². The molecule has 0 bridgehead atoms. The van der Waals surface area contributed by atoms with Gasteiger partial charge in [-0.05, 0) is 30.9 Å². The molecule has 2 unspecified atom stereocenters. The maximum Gasteiger partial charge on any atom is 0.0121 e. The molecule has 2 heteroatoms. The lowest BCUT2D eigenvalue weighted by molar-refractivity contribution is 0.299. The molecule has 1 saturated carbocycles. The zero-order valence-electron chi connectivity index (χ0n) is 7.25. The van der Waals surface area contributed by atoms with Gasteiger partial charge in [-0.3, -0.25) is 4.31 Å². The summed E-state index contributed by atoms with van der Waals surface area (Å²) >= 11 is 1.93. The molecular weight excluding hydrogens is 154 g/mol. The Hall–Kier alpha value is 0.310. The van der Waals surface area contributed by atoms with E-state index in [9.17, 15) is 0 Å². The Labute approximate surface area is 73.7 Å². The third-order valence-corrected chi connectivity index (χ3v) is 4.02. The van der Waals surface area contributed by atoms with E-state index in [2.05, 4.69) is 10.6 Å². The van der Waals surface area contributed by atoms with E-state index in [0.29, 0.717) is 0 Å². The monoisotopic (exact) mass is 171 g/mol. The van der Waals surface area contributed by atoms with E-state index < -0.39 is 0 Å². The Bertz CT molecular complexity index is 124. The molecule has 0 aromatic heterocycles. The molecule has 0 aromatic carbocycles. The maximum atomic E-state index is 2.54. The molecule has 2 aliphatic rings. The van der Waals surface area contributed by atoms with Crippen molar-refractivity contribution in [1.82, 2.24) is 4.31 Å². The Morgan fingerprint density at radius 1 is 1.09 bits per heavy atom. The van der Waals surface area contributed by atoms with Crippen molar-refractivity contribution in [3.05, 3.63) is 0 Å². The first-order valence-electron chi connectivity index (χ1n) is 4.69. The van der Waals surface area contributed by atoms with Crippen molar-refractivity contribution in [2.24, 2.45) is 11.8 Å². The minimum Gasteiger partial charge on any atom is -0.250 e. The molecule has 2 atom stereocenters. The van der Waals surface area contributed by atoms with E-state index in [1.807, 2.05) is 11.9 Å². The van der Waals surface area contributed by atoms with Crippen molar-refractivity contribution in [3.63, 3.8) is 0 Å². The fourth-order valence-corrected chi connectivity index (χ4v) is 3.19. The number of rotatable bonds is 1. The van der Waals surface area contributed by atoms with Gasteiger partial charge in [-0.2, -0.15) is 0 Å². The lowest BCUT2D eigenvalue weighted by Crippen LogP contribution is -2.16. The summed E-state index contributed by atoms with van der Waals surface area (Å²) in [4.78, 5) is 0. The van der Waals surface area contributed by atoms with Gasteiger partial charge < -0.3 is 0 Å². The van der Waals surface area contributed by atoms with Crippen LogP contribution in [-0.4, -0.2) is 23.7 Å². The van der Waals surface area contributed by atoms with E-state index >= 15 is 0 Å². The Kier molecular flexibility index (Phi) is 2.42. The highest BCUT2D eigenvalue weighted by Crippen LogP contribution is 2.37. The van der Waals surface area contributed by atoms with Crippen molar-refractivity contribution in [2.75, 3.05) is 19.3 Å². The van der Waals surface area contributed by atoms with Crippen LogP contribution in [0.25, 0.3) is 0 Å². The molecule has 0 spiro atoms. The standard InChI is InChI=1S/C9H17NS/c1-11-10-6-8-4-2-3-5-9(8)7-10/h8-9H,2-7H2,1H3. The minimum atomic E-state index is 1.05. The third-order valence-electron chi connectivity index (χ3n) is 3.20. The third kappa shape index (κ3) is 1.57. The molecule has 0 aromatic rings. The average Bonchev–Trinajstić information content (AvgIpc) is 2.46. The number of fused-ring (bicyclic) bond motifs is 1. The van der Waals surface area contributed by atoms with Crippen LogP contribution in [0.3, 0.4) is 0 Å². The van der Waals surface area contributed by atoms with Gasteiger partial charge in [0.2, 0.25) is 0 Å². The topological polar surface area (TPSA) is 3.24 Å². The first kappa shape index (κ1) is 7.93. The minimum absolute atomic E-state index is 1.05. The second-order valence-electron chi connectivity index (χ2n) is 3.83. The van der Waals surface area contributed by atoms with Crippen LogP contribution in [0.5, 0.6) is 0 Å². The van der Waals surface area contributed by atoms with E-state index in [-0.39, 0.29) is 0 Å². The summed E-state index contributed by atoms with van der Waals surface area (Å²) in [5.41, 5.74) is 0. The van der Waals surface area contributed by atoms with Gasteiger partial charge in [0.1, 0.15) is 0 Å². The molecule has 0 N–H and O–H groups in total.